The molecule has 0 saturated carbocycles. The Bertz CT molecular complexity index is 888. The van der Waals surface area contributed by atoms with Gasteiger partial charge in [-0.3, -0.25) is 19.7 Å². The van der Waals surface area contributed by atoms with Crippen LogP contribution in [0, 0.1) is 10.1 Å². The lowest BCUT2D eigenvalue weighted by molar-refractivity contribution is -0.386. The smallest absolute Gasteiger partial charge is 0.311 e. The minimum atomic E-state index is -1.01. The average Bonchev–Trinajstić information content (AvgIpc) is 2.61. The first-order chi connectivity index (χ1) is 12.7. The van der Waals surface area contributed by atoms with Crippen LogP contribution in [0.15, 0.2) is 36.4 Å². The van der Waals surface area contributed by atoms with E-state index >= 15 is 0 Å². The van der Waals surface area contributed by atoms with Crippen molar-refractivity contribution in [1.29, 1.82) is 0 Å². The molecule has 9 heteroatoms. The second-order valence-corrected chi connectivity index (χ2v) is 6.60. The summed E-state index contributed by atoms with van der Waals surface area (Å²) in [6.07, 6.45) is -0.524. The van der Waals surface area contributed by atoms with Gasteiger partial charge in [0.05, 0.1) is 11.0 Å². The molecule has 0 radical (unpaired) electrons. The highest BCUT2D eigenvalue weighted by molar-refractivity contribution is 6.35. The molecule has 0 bridgehead atoms. The molecule has 0 saturated heterocycles. The van der Waals surface area contributed by atoms with Crippen LogP contribution in [0.5, 0.6) is 5.75 Å². The van der Waals surface area contributed by atoms with Crippen molar-refractivity contribution in [2.24, 2.45) is 0 Å². The van der Waals surface area contributed by atoms with Gasteiger partial charge in [-0.15, -0.1) is 0 Å². The first-order valence-corrected chi connectivity index (χ1v) is 8.64. The molecule has 0 unspecified atom stereocenters. The number of hydrogen-bond acceptors (Lipinski definition) is 5. The molecule has 142 valence electrons. The van der Waals surface area contributed by atoms with Crippen molar-refractivity contribution in [2.45, 2.75) is 26.0 Å². The fourth-order valence-electron chi connectivity index (χ4n) is 2.36. The van der Waals surface area contributed by atoms with Crippen LogP contribution in [0.25, 0.3) is 0 Å². The number of rotatable bonds is 7. The van der Waals surface area contributed by atoms with E-state index in [-0.39, 0.29) is 11.3 Å². The third-order valence-corrected chi connectivity index (χ3v) is 4.34. The maximum atomic E-state index is 12.4. The second kappa shape index (κ2) is 8.83. The molecule has 0 spiro atoms. The molecule has 0 heterocycles. The summed E-state index contributed by atoms with van der Waals surface area (Å²) >= 11 is 12.0. The minimum absolute atomic E-state index is 0.106. The third kappa shape index (κ3) is 5.18. The molecule has 0 aromatic heterocycles. The van der Waals surface area contributed by atoms with E-state index in [1.54, 1.807) is 25.1 Å². The Labute approximate surface area is 165 Å². The second-order valence-electron chi connectivity index (χ2n) is 5.76. The van der Waals surface area contributed by atoms with Crippen LogP contribution < -0.4 is 10.1 Å². The standard InChI is InChI=1S/C18H16Cl2N2O5/c1-10(14-5-4-13(19)8-15(14)20)21-18(24)11(2)27-17-6-3-12(9-23)7-16(17)22(25)26/h3-11H,1-2H3,(H,21,24)/t10-,11+/m1/s1. The van der Waals surface area contributed by atoms with E-state index < -0.39 is 28.7 Å². The molecule has 2 aromatic rings. The molecular formula is C18H16Cl2N2O5. The maximum absolute atomic E-state index is 12.4. The van der Waals surface area contributed by atoms with E-state index in [0.717, 1.165) is 6.07 Å². The summed E-state index contributed by atoms with van der Waals surface area (Å²) in [4.78, 5) is 33.6. The van der Waals surface area contributed by atoms with Crippen LogP contribution in [0.1, 0.15) is 35.8 Å². The SMILES string of the molecule is C[C@H](Oc1ccc(C=O)cc1[N+](=O)[O-])C(=O)N[C@H](C)c1ccc(Cl)cc1Cl. The monoisotopic (exact) mass is 410 g/mol. The number of hydrogen-bond donors (Lipinski definition) is 1. The van der Waals surface area contributed by atoms with Crippen LogP contribution in [-0.4, -0.2) is 23.2 Å². The predicted octanol–water partition coefficient (Wildman–Crippen LogP) is 4.36. The Morgan fingerprint density at radius 2 is 1.93 bits per heavy atom. The number of nitrogens with one attached hydrogen (secondary N) is 1. The van der Waals surface area contributed by atoms with Crippen molar-refractivity contribution >= 4 is 41.1 Å². The zero-order valence-electron chi connectivity index (χ0n) is 14.4. The molecule has 7 nitrogen and oxygen atoms in total. The largest absolute Gasteiger partial charge is 0.474 e. The number of ether oxygens (including phenoxy) is 1. The molecule has 0 aliphatic carbocycles. The van der Waals surface area contributed by atoms with E-state index in [1.165, 1.54) is 19.1 Å². The Morgan fingerprint density at radius 3 is 2.52 bits per heavy atom. The van der Waals surface area contributed by atoms with E-state index in [1.807, 2.05) is 0 Å². The number of aldehydes is 1. The van der Waals surface area contributed by atoms with Gasteiger partial charge >= 0.3 is 5.69 Å². The highest BCUT2D eigenvalue weighted by Gasteiger charge is 2.23. The number of nitro groups is 1. The highest BCUT2D eigenvalue weighted by atomic mass is 35.5. The van der Waals surface area contributed by atoms with Crippen molar-refractivity contribution in [2.75, 3.05) is 0 Å². The summed E-state index contributed by atoms with van der Waals surface area (Å²) < 4.78 is 5.43. The molecule has 0 aliphatic rings. The average molecular weight is 411 g/mol. The lowest BCUT2D eigenvalue weighted by Gasteiger charge is -2.20. The van der Waals surface area contributed by atoms with Crippen LogP contribution in [0.4, 0.5) is 5.69 Å². The van der Waals surface area contributed by atoms with Crippen molar-refractivity contribution in [3.8, 4) is 5.75 Å². The molecule has 27 heavy (non-hydrogen) atoms. The summed E-state index contributed by atoms with van der Waals surface area (Å²) in [5.41, 5.74) is 0.410. The van der Waals surface area contributed by atoms with Gasteiger partial charge < -0.3 is 10.1 Å². The number of benzene rings is 2. The van der Waals surface area contributed by atoms with E-state index in [9.17, 15) is 19.7 Å². The number of amides is 1. The highest BCUT2D eigenvalue weighted by Crippen LogP contribution is 2.29. The van der Waals surface area contributed by atoms with Crippen LogP contribution >= 0.6 is 23.2 Å². The molecule has 1 amide bonds. The third-order valence-electron chi connectivity index (χ3n) is 3.78. The molecule has 2 rings (SSSR count). The first-order valence-electron chi connectivity index (χ1n) is 7.88. The predicted molar refractivity (Wildman–Crippen MR) is 102 cm³/mol. The van der Waals surface area contributed by atoms with Gasteiger partial charge in [-0.1, -0.05) is 29.3 Å². The van der Waals surface area contributed by atoms with E-state index in [4.69, 9.17) is 27.9 Å². The Morgan fingerprint density at radius 1 is 1.22 bits per heavy atom. The van der Waals surface area contributed by atoms with Gasteiger partial charge in [-0.2, -0.15) is 0 Å². The van der Waals surface area contributed by atoms with Crippen LogP contribution in [0.3, 0.4) is 0 Å². The number of nitrogens with zero attached hydrogens (tertiary/aromatic N) is 1. The van der Waals surface area contributed by atoms with Crippen LogP contribution in [-0.2, 0) is 4.79 Å². The lowest BCUT2D eigenvalue weighted by atomic mass is 10.1. The molecule has 2 atom stereocenters. The van der Waals surface area contributed by atoms with Crippen LogP contribution in [0.2, 0.25) is 10.0 Å². The Kier molecular flexibility index (Phi) is 6.76. The quantitative estimate of drug-likeness (QED) is 0.415. The number of halogens is 2. The van der Waals surface area contributed by atoms with Gasteiger partial charge in [-0.05, 0) is 43.7 Å². The van der Waals surface area contributed by atoms with Gasteiger partial charge in [0.15, 0.2) is 11.9 Å². The van der Waals surface area contributed by atoms with Gasteiger partial charge in [0, 0.05) is 21.7 Å². The Hall–Kier alpha value is -2.64. The van der Waals surface area contributed by atoms with Crippen molar-refractivity contribution < 1.29 is 19.2 Å². The van der Waals surface area contributed by atoms with Crippen molar-refractivity contribution in [1.82, 2.24) is 5.32 Å². The maximum Gasteiger partial charge on any atom is 0.311 e. The van der Waals surface area contributed by atoms with Gasteiger partial charge in [-0.25, -0.2) is 0 Å². The zero-order chi connectivity index (χ0) is 20.1. The Balaban J connectivity index is 2.11. The fourth-order valence-corrected chi connectivity index (χ4v) is 2.93. The lowest BCUT2D eigenvalue weighted by Crippen LogP contribution is -2.38. The van der Waals surface area contributed by atoms with Crippen molar-refractivity contribution in [3.63, 3.8) is 0 Å². The summed E-state index contributed by atoms with van der Waals surface area (Å²) in [7, 11) is 0. The van der Waals surface area contributed by atoms with Gasteiger partial charge in [0.1, 0.15) is 6.29 Å². The summed E-state index contributed by atoms with van der Waals surface area (Å²) in [5, 5.41) is 14.8. The van der Waals surface area contributed by atoms with E-state index in [0.29, 0.717) is 21.9 Å². The topological polar surface area (TPSA) is 98.5 Å². The number of nitro benzene ring substituents is 1. The van der Waals surface area contributed by atoms with Crippen molar-refractivity contribution in [3.05, 3.63) is 67.7 Å². The molecule has 2 aromatic carbocycles. The fraction of sp³-hybridized carbons (Fsp3) is 0.222. The molecule has 0 fully saturated rings. The summed E-state index contributed by atoms with van der Waals surface area (Å²) in [5.74, 6) is -0.590. The first kappa shape index (κ1) is 20.7. The molecule has 1 N–H and O–H groups in total. The van der Waals surface area contributed by atoms with E-state index in [2.05, 4.69) is 5.32 Å². The summed E-state index contributed by atoms with van der Waals surface area (Å²) in [6, 6.07) is 8.23. The van der Waals surface area contributed by atoms with Gasteiger partial charge in [0.2, 0.25) is 0 Å². The number of carbonyl (C=O) groups is 2. The molecule has 0 aliphatic heterocycles. The van der Waals surface area contributed by atoms with Gasteiger partial charge in [0.25, 0.3) is 5.91 Å². The number of carbonyl (C=O) groups excluding carboxylic acids is 2. The zero-order valence-corrected chi connectivity index (χ0v) is 16.0. The molecular weight excluding hydrogens is 395 g/mol. The summed E-state index contributed by atoms with van der Waals surface area (Å²) in [6.45, 7) is 3.20. The minimum Gasteiger partial charge on any atom is -0.474 e. The normalized spacial score (nSPS) is 12.7.